The van der Waals surface area contributed by atoms with Crippen LogP contribution in [0.3, 0.4) is 0 Å². The summed E-state index contributed by atoms with van der Waals surface area (Å²) >= 11 is 0. The standard InChI is InChI=1S/C37H35F6N3O6/c1-24-29(44-13-11-32(24)50-22-36(38,39)40)20-46(21-30-25(2)33(12-14-45-30)51-23-37(41,42)43)15-16-48-17-18-49-27-9-7-26(8-10-27)35-19-31(47)28-5-3-4-6-34(28)52-35/h3-14,19H,15-18,20-23H2,1-2H3. The Morgan fingerprint density at radius 1 is 0.712 bits per heavy atom. The highest BCUT2D eigenvalue weighted by Crippen LogP contribution is 2.27. The Balaban J connectivity index is 1.19. The van der Waals surface area contributed by atoms with Crippen molar-refractivity contribution in [1.29, 1.82) is 0 Å². The molecule has 2 aromatic carbocycles. The summed E-state index contributed by atoms with van der Waals surface area (Å²) in [4.78, 5) is 23.0. The van der Waals surface area contributed by atoms with E-state index < -0.39 is 25.6 Å². The van der Waals surface area contributed by atoms with E-state index in [0.717, 1.165) is 0 Å². The SMILES string of the molecule is Cc1c(OCC(F)(F)F)ccnc1CN(CCOCCOc1ccc(-c2cc(=O)c3ccccc3o2)cc1)Cc1nccc(OCC(F)(F)F)c1C. The van der Waals surface area contributed by atoms with Gasteiger partial charge in [0.25, 0.3) is 0 Å². The van der Waals surface area contributed by atoms with Gasteiger partial charge in [0.05, 0.1) is 30.0 Å². The Labute approximate surface area is 294 Å². The van der Waals surface area contributed by atoms with Gasteiger partial charge in [-0.05, 0) is 62.4 Å². The van der Waals surface area contributed by atoms with Gasteiger partial charge in [-0.15, -0.1) is 0 Å². The number of benzene rings is 2. The number of rotatable bonds is 16. The number of hydrogen-bond acceptors (Lipinski definition) is 9. The van der Waals surface area contributed by atoms with E-state index in [1.807, 2.05) is 4.90 Å². The molecule has 15 heteroatoms. The van der Waals surface area contributed by atoms with Crippen molar-refractivity contribution in [2.24, 2.45) is 0 Å². The molecule has 0 N–H and O–H groups in total. The normalized spacial score (nSPS) is 12.0. The van der Waals surface area contributed by atoms with E-state index in [1.165, 1.54) is 30.6 Å². The van der Waals surface area contributed by atoms with Crippen LogP contribution in [0.15, 0.2) is 88.3 Å². The predicted octanol–water partition coefficient (Wildman–Crippen LogP) is 7.85. The van der Waals surface area contributed by atoms with Crippen LogP contribution in [0.2, 0.25) is 0 Å². The van der Waals surface area contributed by atoms with Gasteiger partial charge in [0, 0.05) is 54.8 Å². The van der Waals surface area contributed by atoms with Gasteiger partial charge in [-0.25, -0.2) is 0 Å². The number of pyridine rings is 2. The van der Waals surface area contributed by atoms with E-state index in [1.54, 1.807) is 62.4 Å². The molecule has 0 saturated carbocycles. The van der Waals surface area contributed by atoms with Gasteiger partial charge in [-0.2, -0.15) is 26.3 Å². The third-order valence-electron chi connectivity index (χ3n) is 7.87. The van der Waals surface area contributed by atoms with Gasteiger partial charge >= 0.3 is 12.4 Å². The Kier molecular flexibility index (Phi) is 12.4. The van der Waals surface area contributed by atoms with Crippen molar-refractivity contribution in [2.75, 3.05) is 39.6 Å². The molecular formula is C37H35F6N3O6. The van der Waals surface area contributed by atoms with Crippen LogP contribution >= 0.6 is 0 Å². The summed E-state index contributed by atoms with van der Waals surface area (Å²) in [5, 5.41) is 0.500. The number of hydrogen-bond donors (Lipinski definition) is 0. The Hall–Kier alpha value is -5.15. The minimum Gasteiger partial charge on any atom is -0.491 e. The molecule has 5 aromatic rings. The molecule has 0 aliphatic rings. The van der Waals surface area contributed by atoms with Gasteiger partial charge in [-0.1, -0.05) is 12.1 Å². The molecule has 0 radical (unpaired) electrons. The third kappa shape index (κ3) is 10.9. The summed E-state index contributed by atoms with van der Waals surface area (Å²) in [5.74, 6) is 1.06. The Bertz CT molecular complexity index is 1930. The second-order valence-corrected chi connectivity index (χ2v) is 11.7. The number of nitrogens with zero attached hydrogens (tertiary/aromatic N) is 3. The van der Waals surface area contributed by atoms with Gasteiger partial charge in [0.1, 0.15) is 35.2 Å². The lowest BCUT2D eigenvalue weighted by Crippen LogP contribution is -2.29. The average molecular weight is 732 g/mol. The molecule has 0 unspecified atom stereocenters. The van der Waals surface area contributed by atoms with Crippen LogP contribution in [0, 0.1) is 13.8 Å². The molecule has 0 fully saturated rings. The number of para-hydroxylation sites is 1. The molecule has 52 heavy (non-hydrogen) atoms. The smallest absolute Gasteiger partial charge is 0.422 e. The topological polar surface area (TPSA) is 96.2 Å². The summed E-state index contributed by atoms with van der Waals surface area (Å²) in [7, 11) is 0. The van der Waals surface area contributed by atoms with Crippen LogP contribution in [0.5, 0.6) is 17.2 Å². The molecule has 3 heterocycles. The van der Waals surface area contributed by atoms with E-state index in [4.69, 9.17) is 23.4 Å². The van der Waals surface area contributed by atoms with Crippen LogP contribution < -0.4 is 19.6 Å². The van der Waals surface area contributed by atoms with E-state index in [-0.39, 0.29) is 49.8 Å². The Morgan fingerprint density at radius 3 is 1.87 bits per heavy atom. The van der Waals surface area contributed by atoms with Crippen molar-refractivity contribution in [2.45, 2.75) is 39.3 Å². The van der Waals surface area contributed by atoms with Crippen molar-refractivity contribution >= 4 is 11.0 Å². The maximum absolute atomic E-state index is 12.8. The molecule has 0 spiro atoms. The second kappa shape index (κ2) is 16.9. The lowest BCUT2D eigenvalue weighted by molar-refractivity contribution is -0.154. The highest BCUT2D eigenvalue weighted by Gasteiger charge is 2.30. The van der Waals surface area contributed by atoms with Gasteiger partial charge in [0.15, 0.2) is 18.6 Å². The first-order valence-corrected chi connectivity index (χ1v) is 16.1. The van der Waals surface area contributed by atoms with Crippen LogP contribution in [0.1, 0.15) is 22.5 Å². The minimum absolute atomic E-state index is 0.0300. The molecule has 0 aliphatic carbocycles. The molecule has 0 aliphatic heterocycles. The highest BCUT2D eigenvalue weighted by atomic mass is 19.4. The molecular weight excluding hydrogens is 696 g/mol. The predicted molar refractivity (Wildman–Crippen MR) is 179 cm³/mol. The van der Waals surface area contributed by atoms with E-state index in [0.29, 0.717) is 57.1 Å². The summed E-state index contributed by atoms with van der Waals surface area (Å²) in [5.41, 5.74) is 2.76. The number of aromatic nitrogens is 2. The number of fused-ring (bicyclic) bond motifs is 1. The van der Waals surface area contributed by atoms with Gasteiger partial charge in [-0.3, -0.25) is 19.7 Å². The van der Waals surface area contributed by atoms with Crippen LogP contribution in [-0.2, 0) is 17.8 Å². The maximum Gasteiger partial charge on any atom is 0.422 e. The van der Waals surface area contributed by atoms with Crippen molar-refractivity contribution < 1.29 is 49.7 Å². The molecule has 0 saturated heterocycles. The first-order valence-electron chi connectivity index (χ1n) is 16.1. The number of halogens is 6. The second-order valence-electron chi connectivity index (χ2n) is 11.7. The fourth-order valence-electron chi connectivity index (χ4n) is 5.18. The van der Waals surface area contributed by atoms with Crippen LogP contribution in [-0.4, -0.2) is 66.8 Å². The zero-order valence-electron chi connectivity index (χ0n) is 28.2. The van der Waals surface area contributed by atoms with Crippen molar-refractivity contribution in [1.82, 2.24) is 14.9 Å². The quantitative estimate of drug-likeness (QED) is 0.0743. The zero-order chi connectivity index (χ0) is 37.3. The van der Waals surface area contributed by atoms with E-state index in [9.17, 15) is 31.1 Å². The van der Waals surface area contributed by atoms with Crippen LogP contribution in [0.4, 0.5) is 26.3 Å². The van der Waals surface area contributed by atoms with Crippen LogP contribution in [0.25, 0.3) is 22.3 Å². The highest BCUT2D eigenvalue weighted by molar-refractivity contribution is 5.78. The first kappa shape index (κ1) is 38.1. The molecule has 0 bridgehead atoms. The van der Waals surface area contributed by atoms with E-state index >= 15 is 0 Å². The van der Waals surface area contributed by atoms with Gasteiger partial charge < -0.3 is 23.4 Å². The molecule has 5 rings (SSSR count). The average Bonchev–Trinajstić information content (AvgIpc) is 3.10. The third-order valence-corrected chi connectivity index (χ3v) is 7.87. The lowest BCUT2D eigenvalue weighted by atomic mass is 10.1. The summed E-state index contributed by atoms with van der Waals surface area (Å²) < 4.78 is 104. The molecule has 9 nitrogen and oxygen atoms in total. The summed E-state index contributed by atoms with van der Waals surface area (Å²) in [6.45, 7) is 1.49. The molecule has 3 aromatic heterocycles. The monoisotopic (exact) mass is 731 g/mol. The van der Waals surface area contributed by atoms with Crippen molar-refractivity contribution in [3.63, 3.8) is 0 Å². The van der Waals surface area contributed by atoms with Crippen molar-refractivity contribution in [3.05, 3.63) is 112 Å². The maximum atomic E-state index is 12.8. The zero-order valence-corrected chi connectivity index (χ0v) is 28.2. The lowest BCUT2D eigenvalue weighted by Gasteiger charge is -2.24. The summed E-state index contributed by atoms with van der Waals surface area (Å²) in [6, 6.07) is 18.2. The van der Waals surface area contributed by atoms with Gasteiger partial charge in [0.2, 0.25) is 0 Å². The number of ether oxygens (including phenoxy) is 4. The Morgan fingerprint density at radius 2 is 1.29 bits per heavy atom. The fourth-order valence-corrected chi connectivity index (χ4v) is 5.18. The molecule has 0 atom stereocenters. The first-order chi connectivity index (χ1) is 24.8. The molecule has 276 valence electrons. The minimum atomic E-state index is -4.52. The largest absolute Gasteiger partial charge is 0.491 e. The molecule has 0 amide bonds. The van der Waals surface area contributed by atoms with Crippen molar-refractivity contribution in [3.8, 4) is 28.6 Å². The number of alkyl halides is 6. The van der Waals surface area contributed by atoms with E-state index in [2.05, 4.69) is 9.97 Å². The fraction of sp³-hybridized carbons (Fsp3) is 0.324. The summed E-state index contributed by atoms with van der Waals surface area (Å²) in [6.07, 6.45) is -6.35.